The van der Waals surface area contributed by atoms with E-state index in [2.05, 4.69) is 15.3 Å². The molecule has 1 amide bonds. The van der Waals surface area contributed by atoms with Gasteiger partial charge in [-0.25, -0.2) is 9.97 Å². The van der Waals surface area contributed by atoms with Crippen molar-refractivity contribution in [3.63, 3.8) is 0 Å². The highest BCUT2D eigenvalue weighted by Gasteiger charge is 2.43. The molecule has 168 valence electrons. The van der Waals surface area contributed by atoms with Gasteiger partial charge in [-0.05, 0) is 56.3 Å². The van der Waals surface area contributed by atoms with Crippen LogP contribution in [0, 0.1) is 13.8 Å². The van der Waals surface area contributed by atoms with Crippen molar-refractivity contribution in [3.8, 4) is 5.75 Å². The number of ketones is 1. The number of hydrogen-bond acceptors (Lipinski definition) is 6. The largest absolute Gasteiger partial charge is 0.486 e. The van der Waals surface area contributed by atoms with Crippen molar-refractivity contribution in [1.29, 1.82) is 0 Å². The van der Waals surface area contributed by atoms with E-state index in [9.17, 15) is 9.59 Å². The first-order valence-electron chi connectivity index (χ1n) is 11.2. The Hall–Kier alpha value is -3.74. The van der Waals surface area contributed by atoms with Crippen LogP contribution in [0.5, 0.6) is 5.75 Å². The van der Waals surface area contributed by atoms with Crippen LogP contribution in [0.2, 0.25) is 0 Å². The number of rotatable bonds is 3. The SMILES string of the molecule is Cc1cc(C)nc(Nc2ccc(C(=O)N3CCC4(CC3)CC(=O)c3ccccc3O4)cc2)n1. The molecule has 7 heteroatoms. The number of piperidine rings is 1. The van der Waals surface area contributed by atoms with Crippen LogP contribution in [0.4, 0.5) is 11.6 Å². The molecule has 0 saturated carbocycles. The number of anilines is 2. The lowest BCUT2D eigenvalue weighted by molar-refractivity contribution is -0.00570. The van der Waals surface area contributed by atoms with E-state index in [-0.39, 0.29) is 11.7 Å². The predicted molar refractivity (Wildman–Crippen MR) is 125 cm³/mol. The topological polar surface area (TPSA) is 84.4 Å². The lowest BCUT2D eigenvalue weighted by atomic mass is 9.82. The third-order valence-corrected chi connectivity index (χ3v) is 6.33. The Morgan fingerprint density at radius 3 is 2.36 bits per heavy atom. The maximum Gasteiger partial charge on any atom is 0.253 e. The molecular formula is C26H26N4O3. The molecule has 2 aromatic carbocycles. The molecule has 0 radical (unpaired) electrons. The number of hydrogen-bond donors (Lipinski definition) is 1. The number of nitrogens with zero attached hydrogens (tertiary/aromatic N) is 3. The Kier molecular flexibility index (Phi) is 5.32. The zero-order chi connectivity index (χ0) is 23.0. The van der Waals surface area contributed by atoms with Crippen molar-refractivity contribution in [1.82, 2.24) is 14.9 Å². The summed E-state index contributed by atoms with van der Waals surface area (Å²) in [7, 11) is 0. The van der Waals surface area contributed by atoms with Gasteiger partial charge in [-0.3, -0.25) is 9.59 Å². The summed E-state index contributed by atoms with van der Waals surface area (Å²) in [5, 5.41) is 3.19. The highest BCUT2D eigenvalue weighted by atomic mass is 16.5. The molecule has 1 spiro atoms. The van der Waals surface area contributed by atoms with Gasteiger partial charge in [-0.1, -0.05) is 12.1 Å². The molecule has 0 unspecified atom stereocenters. The molecule has 1 N–H and O–H groups in total. The van der Waals surface area contributed by atoms with Crippen LogP contribution in [-0.2, 0) is 0 Å². The van der Waals surface area contributed by atoms with Crippen molar-refractivity contribution in [2.24, 2.45) is 0 Å². The second-order valence-electron chi connectivity index (χ2n) is 8.85. The normalized spacial score (nSPS) is 16.8. The van der Waals surface area contributed by atoms with Crippen LogP contribution in [0.25, 0.3) is 0 Å². The summed E-state index contributed by atoms with van der Waals surface area (Å²) in [5.74, 6) is 1.30. The molecule has 1 saturated heterocycles. The van der Waals surface area contributed by atoms with Crippen LogP contribution in [0.1, 0.15) is 51.4 Å². The van der Waals surface area contributed by atoms with E-state index in [1.807, 2.05) is 73.3 Å². The minimum atomic E-state index is -0.512. The Morgan fingerprint density at radius 1 is 1.00 bits per heavy atom. The molecule has 1 fully saturated rings. The van der Waals surface area contributed by atoms with Gasteiger partial charge in [0.1, 0.15) is 11.4 Å². The average molecular weight is 443 g/mol. The van der Waals surface area contributed by atoms with Crippen LogP contribution in [-0.4, -0.2) is 45.2 Å². The summed E-state index contributed by atoms with van der Waals surface area (Å²) in [6, 6.07) is 16.7. The predicted octanol–water partition coefficient (Wildman–Crippen LogP) is 4.48. The fourth-order valence-corrected chi connectivity index (χ4v) is 4.63. The van der Waals surface area contributed by atoms with Gasteiger partial charge in [0.05, 0.1) is 12.0 Å². The van der Waals surface area contributed by atoms with E-state index < -0.39 is 5.60 Å². The number of likely N-dealkylation sites (tertiary alicyclic amines) is 1. The minimum absolute atomic E-state index is 0.0124. The molecular weight excluding hydrogens is 416 g/mol. The van der Waals surface area contributed by atoms with E-state index in [0.29, 0.717) is 55.2 Å². The molecule has 0 bridgehead atoms. The summed E-state index contributed by atoms with van der Waals surface area (Å²) in [4.78, 5) is 36.3. The van der Waals surface area contributed by atoms with Gasteiger partial charge in [-0.2, -0.15) is 0 Å². The van der Waals surface area contributed by atoms with Crippen LogP contribution in [0.15, 0.2) is 54.6 Å². The Balaban J connectivity index is 1.23. The molecule has 7 nitrogen and oxygen atoms in total. The number of aryl methyl sites for hydroxylation is 2. The molecule has 0 aliphatic carbocycles. The summed E-state index contributed by atoms with van der Waals surface area (Å²) in [6.45, 7) is 4.98. The highest BCUT2D eigenvalue weighted by molar-refractivity contribution is 6.00. The monoisotopic (exact) mass is 442 g/mol. The number of carbonyl (C=O) groups is 2. The highest BCUT2D eigenvalue weighted by Crippen LogP contribution is 2.39. The third-order valence-electron chi connectivity index (χ3n) is 6.33. The molecule has 33 heavy (non-hydrogen) atoms. The van der Waals surface area contributed by atoms with Crippen molar-refractivity contribution in [3.05, 3.63) is 77.1 Å². The summed E-state index contributed by atoms with van der Waals surface area (Å²) >= 11 is 0. The Bertz CT molecular complexity index is 1190. The van der Waals surface area contributed by atoms with Crippen LogP contribution >= 0.6 is 0 Å². The Labute approximate surface area is 192 Å². The molecule has 5 rings (SSSR count). The Morgan fingerprint density at radius 2 is 1.67 bits per heavy atom. The zero-order valence-corrected chi connectivity index (χ0v) is 18.8. The zero-order valence-electron chi connectivity index (χ0n) is 18.8. The lowest BCUT2D eigenvalue weighted by Gasteiger charge is -2.44. The smallest absolute Gasteiger partial charge is 0.253 e. The molecule has 2 aliphatic rings. The first-order chi connectivity index (χ1) is 15.9. The van der Waals surface area contributed by atoms with E-state index in [1.165, 1.54) is 0 Å². The number of nitrogens with one attached hydrogen (secondary N) is 1. The van der Waals surface area contributed by atoms with Gasteiger partial charge in [0, 0.05) is 48.6 Å². The summed E-state index contributed by atoms with van der Waals surface area (Å²) in [6.07, 6.45) is 1.65. The second kappa shape index (κ2) is 8.31. The molecule has 1 aromatic heterocycles. The molecule has 3 aromatic rings. The van der Waals surface area contributed by atoms with Crippen LogP contribution < -0.4 is 10.1 Å². The fourth-order valence-electron chi connectivity index (χ4n) is 4.63. The standard InChI is InChI=1S/C26H26N4O3/c1-17-15-18(2)28-25(27-17)29-20-9-7-19(8-10-20)24(32)30-13-11-26(12-14-30)16-22(31)21-5-3-4-6-23(21)33-26/h3-10,15H,11-14,16H2,1-2H3,(H,27,28,29). The molecule has 2 aliphatic heterocycles. The van der Waals surface area contributed by atoms with Crippen molar-refractivity contribution in [2.75, 3.05) is 18.4 Å². The van der Waals surface area contributed by atoms with Crippen molar-refractivity contribution >= 4 is 23.3 Å². The van der Waals surface area contributed by atoms with E-state index in [1.54, 1.807) is 0 Å². The third kappa shape index (κ3) is 4.31. The number of ether oxygens (including phenoxy) is 1. The summed E-state index contributed by atoms with van der Waals surface area (Å²) < 4.78 is 6.27. The summed E-state index contributed by atoms with van der Waals surface area (Å²) in [5.41, 5.74) is 3.38. The number of benzene rings is 2. The second-order valence-corrected chi connectivity index (χ2v) is 8.85. The first kappa shape index (κ1) is 21.1. The minimum Gasteiger partial charge on any atom is -0.486 e. The molecule has 3 heterocycles. The van der Waals surface area contributed by atoms with Gasteiger partial charge < -0.3 is 15.0 Å². The average Bonchev–Trinajstić information content (AvgIpc) is 2.79. The van der Waals surface area contributed by atoms with E-state index >= 15 is 0 Å². The van der Waals surface area contributed by atoms with E-state index in [0.717, 1.165) is 17.1 Å². The van der Waals surface area contributed by atoms with Gasteiger partial charge in [0.15, 0.2) is 5.78 Å². The number of aromatic nitrogens is 2. The molecule has 0 atom stereocenters. The van der Waals surface area contributed by atoms with Crippen LogP contribution in [0.3, 0.4) is 0 Å². The first-order valence-corrected chi connectivity index (χ1v) is 11.2. The number of fused-ring (bicyclic) bond motifs is 1. The van der Waals surface area contributed by atoms with Gasteiger partial charge in [0.25, 0.3) is 5.91 Å². The van der Waals surface area contributed by atoms with Gasteiger partial charge in [0.2, 0.25) is 5.95 Å². The number of carbonyl (C=O) groups excluding carboxylic acids is 2. The van der Waals surface area contributed by atoms with Gasteiger partial charge in [-0.15, -0.1) is 0 Å². The quantitative estimate of drug-likeness (QED) is 0.644. The van der Waals surface area contributed by atoms with Crippen molar-refractivity contribution in [2.45, 2.75) is 38.7 Å². The van der Waals surface area contributed by atoms with Crippen molar-refractivity contribution < 1.29 is 14.3 Å². The maximum atomic E-state index is 13.1. The number of Topliss-reactive ketones (excluding diaryl/α,β-unsaturated/α-hetero) is 1. The maximum absolute atomic E-state index is 13.1. The van der Waals surface area contributed by atoms with E-state index in [4.69, 9.17) is 4.74 Å². The van der Waals surface area contributed by atoms with Gasteiger partial charge >= 0.3 is 0 Å². The fraction of sp³-hybridized carbons (Fsp3) is 0.308. The lowest BCUT2D eigenvalue weighted by Crippen LogP contribution is -2.52. The number of para-hydroxylation sites is 1. The number of amides is 1.